The van der Waals surface area contributed by atoms with Crippen LogP contribution >= 0.6 is 11.6 Å². The van der Waals surface area contributed by atoms with Crippen LogP contribution in [0.15, 0.2) is 12.1 Å². The second kappa shape index (κ2) is 6.98. The third-order valence-corrected chi connectivity index (χ3v) is 3.83. The van der Waals surface area contributed by atoms with E-state index in [0.717, 1.165) is 29.9 Å². The third-order valence-electron chi connectivity index (χ3n) is 3.52. The Morgan fingerprint density at radius 3 is 2.44 bits per heavy atom. The number of rotatable bonds is 6. The van der Waals surface area contributed by atoms with Crippen molar-refractivity contribution in [3.63, 3.8) is 0 Å². The summed E-state index contributed by atoms with van der Waals surface area (Å²) < 4.78 is 0. The fraction of sp³-hybridized carbons (Fsp3) is 0.667. The lowest BCUT2D eigenvalue weighted by molar-refractivity contribution is 0.502. The minimum atomic E-state index is 0.470. The van der Waals surface area contributed by atoms with Crippen molar-refractivity contribution in [1.82, 2.24) is 4.98 Å². The molecule has 0 N–H and O–H groups in total. The summed E-state index contributed by atoms with van der Waals surface area (Å²) in [5.74, 6) is 2.19. The molecule has 0 aliphatic carbocycles. The fourth-order valence-electron chi connectivity index (χ4n) is 1.93. The van der Waals surface area contributed by atoms with Crippen molar-refractivity contribution in [2.24, 2.45) is 5.92 Å². The zero-order valence-electron chi connectivity index (χ0n) is 12.2. The van der Waals surface area contributed by atoms with Gasteiger partial charge in [0.15, 0.2) is 0 Å². The molecule has 0 saturated carbocycles. The maximum Gasteiger partial charge on any atom is 0.129 e. The Balaban J connectivity index is 3.03. The van der Waals surface area contributed by atoms with Gasteiger partial charge in [0.05, 0.1) is 0 Å². The van der Waals surface area contributed by atoms with Gasteiger partial charge < -0.3 is 4.90 Å². The zero-order chi connectivity index (χ0) is 13.7. The van der Waals surface area contributed by atoms with Gasteiger partial charge in [-0.3, -0.25) is 0 Å². The summed E-state index contributed by atoms with van der Waals surface area (Å²) in [6, 6.07) is 4.69. The summed E-state index contributed by atoms with van der Waals surface area (Å²) >= 11 is 5.97. The van der Waals surface area contributed by atoms with Crippen LogP contribution in [0.1, 0.15) is 45.4 Å². The predicted octanol–water partition coefficient (Wildman–Crippen LogP) is 4.25. The minimum Gasteiger partial charge on any atom is -0.357 e. The second-order valence-electron chi connectivity index (χ2n) is 5.30. The molecular formula is C15H25ClN2. The van der Waals surface area contributed by atoms with Crippen molar-refractivity contribution in [2.75, 3.05) is 11.9 Å². The van der Waals surface area contributed by atoms with E-state index >= 15 is 0 Å². The molecule has 0 amide bonds. The highest BCUT2D eigenvalue weighted by atomic mass is 35.5. The molecule has 0 aliphatic heterocycles. The highest BCUT2D eigenvalue weighted by molar-refractivity contribution is 6.17. The first kappa shape index (κ1) is 15.3. The van der Waals surface area contributed by atoms with Crippen LogP contribution < -0.4 is 4.90 Å². The van der Waals surface area contributed by atoms with Crippen molar-refractivity contribution in [2.45, 2.75) is 52.5 Å². The summed E-state index contributed by atoms with van der Waals surface area (Å²) in [6.45, 7) is 8.88. The summed E-state index contributed by atoms with van der Waals surface area (Å²) in [7, 11) is 2.11. The summed E-state index contributed by atoms with van der Waals surface area (Å²) in [5.41, 5.74) is 2.31. The lowest BCUT2D eigenvalue weighted by atomic mass is 10.0. The second-order valence-corrected chi connectivity index (χ2v) is 5.57. The van der Waals surface area contributed by atoms with Gasteiger partial charge in [0.25, 0.3) is 0 Å². The van der Waals surface area contributed by atoms with E-state index in [1.165, 1.54) is 0 Å². The van der Waals surface area contributed by atoms with E-state index in [0.29, 0.717) is 17.8 Å². The minimum absolute atomic E-state index is 0.470. The van der Waals surface area contributed by atoms with Crippen LogP contribution in [0.4, 0.5) is 5.82 Å². The normalized spacial score (nSPS) is 12.8. The van der Waals surface area contributed by atoms with E-state index in [-0.39, 0.29) is 0 Å². The van der Waals surface area contributed by atoms with Gasteiger partial charge in [0, 0.05) is 24.7 Å². The van der Waals surface area contributed by atoms with Gasteiger partial charge in [-0.15, -0.1) is 11.6 Å². The Bertz CT molecular complexity index is 377. The number of halogens is 1. The van der Waals surface area contributed by atoms with E-state index in [4.69, 9.17) is 16.6 Å². The summed E-state index contributed by atoms with van der Waals surface area (Å²) in [6.07, 6.45) is 2.13. The molecule has 0 spiro atoms. The number of alkyl halides is 1. The number of aryl methyl sites for hydroxylation is 1. The largest absolute Gasteiger partial charge is 0.357 e. The van der Waals surface area contributed by atoms with Crippen LogP contribution in [0.3, 0.4) is 0 Å². The average molecular weight is 269 g/mol. The first-order chi connectivity index (χ1) is 8.49. The van der Waals surface area contributed by atoms with Crippen molar-refractivity contribution in [3.05, 3.63) is 23.4 Å². The molecule has 0 aliphatic rings. The van der Waals surface area contributed by atoms with Gasteiger partial charge in [-0.1, -0.05) is 27.2 Å². The van der Waals surface area contributed by atoms with Crippen LogP contribution in [-0.4, -0.2) is 18.1 Å². The van der Waals surface area contributed by atoms with Crippen LogP contribution in [-0.2, 0) is 12.3 Å². The number of hydrogen-bond donors (Lipinski definition) is 0. The van der Waals surface area contributed by atoms with Crippen LogP contribution in [0, 0.1) is 5.92 Å². The molecule has 0 aromatic carbocycles. The summed E-state index contributed by atoms with van der Waals surface area (Å²) in [4.78, 5) is 6.99. The predicted molar refractivity (Wildman–Crippen MR) is 80.5 cm³/mol. The molecule has 1 rings (SSSR count). The van der Waals surface area contributed by atoms with Crippen molar-refractivity contribution >= 4 is 17.4 Å². The number of pyridine rings is 1. The monoisotopic (exact) mass is 268 g/mol. The Morgan fingerprint density at radius 2 is 1.94 bits per heavy atom. The van der Waals surface area contributed by atoms with Crippen LogP contribution in [0.25, 0.3) is 0 Å². The molecule has 1 heterocycles. The molecular weight excluding hydrogens is 244 g/mol. The quantitative estimate of drug-likeness (QED) is 0.717. The lowest BCUT2D eigenvalue weighted by Crippen LogP contribution is -2.34. The van der Waals surface area contributed by atoms with Gasteiger partial charge in [0.2, 0.25) is 0 Å². The van der Waals surface area contributed by atoms with E-state index in [1.54, 1.807) is 0 Å². The van der Waals surface area contributed by atoms with Gasteiger partial charge in [0.1, 0.15) is 5.82 Å². The molecule has 1 aromatic heterocycles. The van der Waals surface area contributed by atoms with Gasteiger partial charge >= 0.3 is 0 Å². The maximum atomic E-state index is 5.97. The Morgan fingerprint density at radius 1 is 1.28 bits per heavy atom. The van der Waals surface area contributed by atoms with Gasteiger partial charge in [-0.2, -0.15) is 0 Å². The standard InChI is InChI=1S/C15H25ClN2/c1-6-7-14-8-13(10-16)9-15(17-14)18(5)12(4)11(2)3/h8-9,11-12H,6-7,10H2,1-5H3. The topological polar surface area (TPSA) is 16.1 Å². The van der Waals surface area contributed by atoms with E-state index in [9.17, 15) is 0 Å². The molecule has 1 unspecified atom stereocenters. The van der Waals surface area contributed by atoms with Crippen molar-refractivity contribution in [1.29, 1.82) is 0 Å². The summed E-state index contributed by atoms with van der Waals surface area (Å²) in [5, 5.41) is 0. The number of aromatic nitrogens is 1. The number of hydrogen-bond acceptors (Lipinski definition) is 2. The van der Waals surface area contributed by atoms with E-state index in [2.05, 4.69) is 51.8 Å². The molecule has 0 saturated heterocycles. The highest BCUT2D eigenvalue weighted by Gasteiger charge is 2.15. The number of nitrogens with zero attached hydrogens (tertiary/aromatic N) is 2. The maximum absolute atomic E-state index is 5.97. The molecule has 1 atom stereocenters. The van der Waals surface area contributed by atoms with Crippen LogP contribution in [0.2, 0.25) is 0 Å². The van der Waals surface area contributed by atoms with Crippen molar-refractivity contribution in [3.8, 4) is 0 Å². The molecule has 3 heteroatoms. The van der Waals surface area contributed by atoms with E-state index < -0.39 is 0 Å². The van der Waals surface area contributed by atoms with Crippen molar-refractivity contribution < 1.29 is 0 Å². The van der Waals surface area contributed by atoms with Gasteiger partial charge in [-0.05, 0) is 37.0 Å². The first-order valence-corrected chi connectivity index (χ1v) is 7.31. The smallest absolute Gasteiger partial charge is 0.129 e. The molecule has 0 radical (unpaired) electrons. The Kier molecular flexibility index (Phi) is 5.94. The van der Waals surface area contributed by atoms with Gasteiger partial charge in [-0.25, -0.2) is 4.98 Å². The third kappa shape index (κ3) is 3.88. The SMILES string of the molecule is CCCc1cc(CCl)cc(N(C)C(C)C(C)C)n1. The molecule has 0 fully saturated rings. The number of anilines is 1. The Labute approximate surface area is 116 Å². The molecule has 102 valence electrons. The molecule has 18 heavy (non-hydrogen) atoms. The Hall–Kier alpha value is -0.760. The lowest BCUT2D eigenvalue weighted by Gasteiger charge is -2.29. The highest BCUT2D eigenvalue weighted by Crippen LogP contribution is 2.20. The zero-order valence-corrected chi connectivity index (χ0v) is 13.0. The average Bonchev–Trinajstić information content (AvgIpc) is 2.36. The molecule has 0 bridgehead atoms. The molecule has 2 nitrogen and oxygen atoms in total. The first-order valence-electron chi connectivity index (χ1n) is 6.78. The van der Waals surface area contributed by atoms with E-state index in [1.807, 2.05) is 0 Å². The fourth-order valence-corrected chi connectivity index (χ4v) is 2.09. The van der Waals surface area contributed by atoms with Crippen LogP contribution in [0.5, 0.6) is 0 Å². The molecule has 1 aromatic rings.